The van der Waals surface area contributed by atoms with Gasteiger partial charge in [0.1, 0.15) is 23.7 Å². The van der Waals surface area contributed by atoms with E-state index in [0.717, 1.165) is 6.07 Å². The number of hydrogen-bond acceptors (Lipinski definition) is 4. The molecule has 0 unspecified atom stereocenters. The van der Waals surface area contributed by atoms with E-state index in [-0.39, 0.29) is 22.9 Å². The summed E-state index contributed by atoms with van der Waals surface area (Å²) < 4.78 is 23.2. The van der Waals surface area contributed by atoms with Gasteiger partial charge in [-0.05, 0) is 24.3 Å². The van der Waals surface area contributed by atoms with Crippen LogP contribution in [0.4, 0.5) is 10.1 Å². The van der Waals surface area contributed by atoms with Crippen LogP contribution in [0.1, 0.15) is 15.9 Å². The van der Waals surface area contributed by atoms with Crippen LogP contribution in [-0.2, 0) is 11.3 Å². The number of halogens is 2. The normalized spacial score (nSPS) is 10.2. The average Bonchev–Trinajstić information content (AvgIpc) is 2.45. The fourth-order valence-corrected chi connectivity index (χ4v) is 2.01. The van der Waals surface area contributed by atoms with E-state index in [1.165, 1.54) is 19.2 Å². The fourth-order valence-electron chi connectivity index (χ4n) is 1.79. The predicted octanol–water partition coefficient (Wildman–Crippen LogP) is 3.43. The van der Waals surface area contributed by atoms with Crippen molar-refractivity contribution in [3.63, 3.8) is 0 Å². The summed E-state index contributed by atoms with van der Waals surface area (Å²) in [4.78, 5) is 12.1. The van der Waals surface area contributed by atoms with Gasteiger partial charge in [0.05, 0.1) is 12.1 Å². The Morgan fingerprint density at radius 2 is 2.10 bits per heavy atom. The summed E-state index contributed by atoms with van der Waals surface area (Å²) in [5.41, 5.74) is 6.67. The van der Waals surface area contributed by atoms with E-state index in [2.05, 4.69) is 0 Å². The molecule has 0 aromatic heterocycles. The maximum Gasteiger partial charge on any atom is 0.344 e. The van der Waals surface area contributed by atoms with Crippen LogP contribution in [0.25, 0.3) is 0 Å². The van der Waals surface area contributed by atoms with Crippen molar-refractivity contribution in [1.82, 2.24) is 0 Å². The van der Waals surface area contributed by atoms with Gasteiger partial charge in [-0.3, -0.25) is 0 Å². The number of benzene rings is 2. The number of hydrogen-bond donors (Lipinski definition) is 1. The van der Waals surface area contributed by atoms with Gasteiger partial charge in [-0.15, -0.1) is 0 Å². The molecular weight excluding hydrogens is 297 g/mol. The highest BCUT2D eigenvalue weighted by atomic mass is 35.5. The number of methoxy groups -OCH3 is 1. The summed E-state index contributed by atoms with van der Waals surface area (Å²) in [6, 6.07) is 8.70. The van der Waals surface area contributed by atoms with Gasteiger partial charge in [0.15, 0.2) is 0 Å². The molecule has 0 saturated heterocycles. The lowest BCUT2D eigenvalue weighted by Gasteiger charge is -2.11. The first-order valence-electron chi connectivity index (χ1n) is 6.06. The number of nitrogens with two attached hydrogens (primary N) is 1. The summed E-state index contributed by atoms with van der Waals surface area (Å²) in [5.74, 6) is -0.764. The topological polar surface area (TPSA) is 61.5 Å². The van der Waals surface area contributed by atoms with Gasteiger partial charge in [0, 0.05) is 11.3 Å². The molecule has 2 rings (SSSR count). The average molecular weight is 310 g/mol. The van der Waals surface area contributed by atoms with Crippen molar-refractivity contribution in [1.29, 1.82) is 0 Å². The molecule has 0 fully saturated rings. The number of carbonyl (C=O) groups is 1. The van der Waals surface area contributed by atoms with Crippen LogP contribution in [0, 0.1) is 5.82 Å². The molecule has 4 nitrogen and oxygen atoms in total. The molecule has 2 aromatic carbocycles. The fraction of sp³-hybridized carbons (Fsp3) is 0.133. The molecule has 0 aliphatic carbocycles. The van der Waals surface area contributed by atoms with Crippen LogP contribution >= 0.6 is 11.6 Å². The molecule has 0 amide bonds. The Balaban J connectivity index is 2.16. The van der Waals surface area contributed by atoms with Crippen molar-refractivity contribution in [3.8, 4) is 5.75 Å². The van der Waals surface area contributed by atoms with E-state index in [9.17, 15) is 9.18 Å². The van der Waals surface area contributed by atoms with Crippen molar-refractivity contribution in [2.24, 2.45) is 0 Å². The maximum absolute atomic E-state index is 12.9. The van der Waals surface area contributed by atoms with Gasteiger partial charge in [-0.1, -0.05) is 23.7 Å². The first kappa shape index (κ1) is 15.1. The third kappa shape index (κ3) is 3.44. The first-order valence-corrected chi connectivity index (χ1v) is 6.44. The summed E-state index contributed by atoms with van der Waals surface area (Å²) >= 11 is 5.87. The quantitative estimate of drug-likeness (QED) is 0.694. The van der Waals surface area contributed by atoms with Gasteiger partial charge >= 0.3 is 5.97 Å². The molecule has 2 aromatic rings. The first-order chi connectivity index (χ1) is 10.0. The van der Waals surface area contributed by atoms with Gasteiger partial charge in [-0.25, -0.2) is 9.18 Å². The Hall–Kier alpha value is -2.27. The van der Waals surface area contributed by atoms with E-state index in [0.29, 0.717) is 11.3 Å². The van der Waals surface area contributed by atoms with Crippen molar-refractivity contribution >= 4 is 23.3 Å². The zero-order valence-electron chi connectivity index (χ0n) is 11.2. The zero-order valence-corrected chi connectivity index (χ0v) is 12.0. The lowest BCUT2D eigenvalue weighted by atomic mass is 10.1. The second kappa shape index (κ2) is 6.45. The Morgan fingerprint density at radius 1 is 1.33 bits per heavy atom. The van der Waals surface area contributed by atoms with E-state index in [1.807, 2.05) is 0 Å². The van der Waals surface area contributed by atoms with E-state index in [1.54, 1.807) is 18.2 Å². The van der Waals surface area contributed by atoms with E-state index < -0.39 is 11.8 Å². The van der Waals surface area contributed by atoms with Crippen LogP contribution in [0.2, 0.25) is 5.02 Å². The summed E-state index contributed by atoms with van der Waals surface area (Å²) in [6.07, 6.45) is 0. The number of anilines is 1. The van der Waals surface area contributed by atoms with Crippen LogP contribution in [-0.4, -0.2) is 13.1 Å². The number of rotatable bonds is 4. The lowest BCUT2D eigenvalue weighted by molar-refractivity contribution is 0.0470. The lowest BCUT2D eigenvalue weighted by Crippen LogP contribution is -2.10. The minimum Gasteiger partial charge on any atom is -0.496 e. The van der Waals surface area contributed by atoms with Crippen molar-refractivity contribution in [3.05, 3.63) is 58.4 Å². The molecule has 6 heteroatoms. The summed E-state index contributed by atoms with van der Waals surface area (Å²) in [7, 11) is 1.43. The van der Waals surface area contributed by atoms with Crippen LogP contribution in [0.15, 0.2) is 36.4 Å². The zero-order chi connectivity index (χ0) is 15.4. The molecule has 21 heavy (non-hydrogen) atoms. The third-order valence-electron chi connectivity index (χ3n) is 2.86. The molecule has 0 aliphatic heterocycles. The van der Waals surface area contributed by atoms with E-state index >= 15 is 0 Å². The molecule has 0 atom stereocenters. The molecule has 0 heterocycles. The maximum atomic E-state index is 12.9. The second-order valence-electron chi connectivity index (χ2n) is 4.24. The molecule has 110 valence electrons. The number of esters is 1. The Labute approximate surface area is 126 Å². The third-order valence-corrected chi connectivity index (χ3v) is 3.21. The number of nitrogen functional groups attached to an aromatic ring is 1. The second-order valence-corrected chi connectivity index (χ2v) is 4.64. The number of ether oxygens (including phenoxy) is 2. The molecule has 0 saturated carbocycles. The van der Waals surface area contributed by atoms with Gasteiger partial charge in [-0.2, -0.15) is 0 Å². The largest absolute Gasteiger partial charge is 0.496 e. The summed E-state index contributed by atoms with van der Waals surface area (Å²) in [5, 5.41) is 0.191. The Kier molecular flexibility index (Phi) is 4.65. The van der Waals surface area contributed by atoms with Crippen LogP contribution in [0.5, 0.6) is 5.75 Å². The molecular formula is C15H13ClFNO3. The van der Waals surface area contributed by atoms with Gasteiger partial charge in [0.25, 0.3) is 0 Å². The smallest absolute Gasteiger partial charge is 0.344 e. The molecule has 0 aliphatic rings. The van der Waals surface area contributed by atoms with Crippen LogP contribution in [0.3, 0.4) is 0 Å². The highest BCUT2D eigenvalue weighted by Gasteiger charge is 2.17. The van der Waals surface area contributed by atoms with Crippen molar-refractivity contribution < 1.29 is 18.7 Å². The Morgan fingerprint density at radius 3 is 2.76 bits per heavy atom. The monoisotopic (exact) mass is 309 g/mol. The highest BCUT2D eigenvalue weighted by Crippen LogP contribution is 2.26. The Bertz CT molecular complexity index is 676. The van der Waals surface area contributed by atoms with Crippen molar-refractivity contribution in [2.75, 3.05) is 12.8 Å². The highest BCUT2D eigenvalue weighted by molar-refractivity contribution is 6.31. The van der Waals surface area contributed by atoms with Gasteiger partial charge < -0.3 is 15.2 Å². The molecule has 2 N–H and O–H groups in total. The standard InChI is InChI=1S/C15H13ClFNO3/c1-20-13-4-2-3-12(18)14(13)15(19)21-8-9-5-6-10(17)7-11(9)16/h2-7H,8,18H2,1H3. The molecule has 0 bridgehead atoms. The van der Waals surface area contributed by atoms with Gasteiger partial charge in [0.2, 0.25) is 0 Å². The van der Waals surface area contributed by atoms with E-state index in [4.69, 9.17) is 26.8 Å². The number of carbonyl (C=O) groups excluding carboxylic acids is 1. The molecule has 0 spiro atoms. The predicted molar refractivity (Wildman–Crippen MR) is 77.9 cm³/mol. The minimum atomic E-state index is -0.634. The summed E-state index contributed by atoms with van der Waals surface area (Å²) in [6.45, 7) is -0.0879. The molecule has 0 radical (unpaired) electrons. The minimum absolute atomic E-state index is 0.0879. The van der Waals surface area contributed by atoms with Crippen LogP contribution < -0.4 is 10.5 Å². The SMILES string of the molecule is COc1cccc(N)c1C(=O)OCc1ccc(F)cc1Cl. The van der Waals surface area contributed by atoms with Crippen molar-refractivity contribution in [2.45, 2.75) is 6.61 Å².